The second-order valence-corrected chi connectivity index (χ2v) is 10.9. The molecule has 2 rings (SSSR count). The number of hydrogen-bond donors (Lipinski definition) is 2. The summed E-state index contributed by atoms with van der Waals surface area (Å²) in [6.07, 6.45) is 7.86. The first kappa shape index (κ1) is 29.9. The van der Waals surface area contributed by atoms with E-state index in [-0.39, 0.29) is 0 Å². The number of rotatable bonds is 10. The van der Waals surface area contributed by atoms with Crippen molar-refractivity contribution in [2.45, 2.75) is 83.2 Å². The van der Waals surface area contributed by atoms with Crippen LogP contribution in [0.1, 0.15) is 66.2 Å². The van der Waals surface area contributed by atoms with Crippen molar-refractivity contribution in [3.05, 3.63) is 38.4 Å². The average molecular weight is 503 g/mol. The molecule has 1 aliphatic carbocycles. The van der Waals surface area contributed by atoms with Crippen LogP contribution >= 0.6 is 0 Å². The first-order chi connectivity index (χ1) is 15.7. The Balaban J connectivity index is 0.000000342. The van der Waals surface area contributed by atoms with Gasteiger partial charge in [0.25, 0.3) is 11.4 Å². The molecule has 34 heavy (non-hydrogen) atoms. The number of nitro groups is 2. The van der Waals surface area contributed by atoms with Gasteiger partial charge in [-0.15, -0.1) is 0 Å². The quantitative estimate of drug-likeness (QED) is 0.267. The number of hydrogen-bond acceptors (Lipinski definition) is 8. The third-order valence-corrected chi connectivity index (χ3v) is 6.77. The summed E-state index contributed by atoms with van der Waals surface area (Å²) in [5, 5.41) is 20.8. The normalized spacial score (nSPS) is 18.6. The van der Waals surface area contributed by atoms with E-state index in [0.717, 1.165) is 17.9 Å². The van der Waals surface area contributed by atoms with Gasteiger partial charge >= 0.3 is 10.1 Å². The fourth-order valence-electron chi connectivity index (χ4n) is 3.86. The summed E-state index contributed by atoms with van der Waals surface area (Å²) in [5.74, 6) is 1.60. The highest BCUT2D eigenvalue weighted by atomic mass is 32.2. The van der Waals surface area contributed by atoms with Crippen molar-refractivity contribution >= 4 is 21.5 Å². The Morgan fingerprint density at radius 1 is 1.03 bits per heavy atom. The number of non-ortho nitro benzene ring substituents is 1. The summed E-state index contributed by atoms with van der Waals surface area (Å²) in [6, 6.07) is 2.87. The van der Waals surface area contributed by atoms with Gasteiger partial charge in [0.15, 0.2) is 4.90 Å². The average Bonchev–Trinajstić information content (AvgIpc) is 2.73. The first-order valence-electron chi connectivity index (χ1n) is 11.6. The van der Waals surface area contributed by atoms with Crippen molar-refractivity contribution in [2.24, 2.45) is 17.6 Å². The smallest absolute Gasteiger partial charge is 0.301 e. The SMILES string of the molecule is CC(C)CCN(CCC(C)C)[C@@H]1CCCC[C@H]1N.O=[N+]([O-])c1ccc(S(=O)(=O)O)c([N+](=O)[O-])c1. The molecule has 3 N–H and O–H groups in total. The standard InChI is InChI=1S/C16H34N2.C6H4N2O7S/c1-13(2)9-11-18(12-10-14(3)4)16-8-6-5-7-15(16)17;9-7(10)4-1-2-6(16(13,14)15)5(3-4)8(11)12/h13-16H,5-12,17H2,1-4H3;1-3H,(H,13,14,15)/t15-,16-;/m1./s1. The van der Waals surface area contributed by atoms with Crippen LogP contribution in [0.15, 0.2) is 23.1 Å². The zero-order valence-corrected chi connectivity index (χ0v) is 21.2. The van der Waals surface area contributed by atoms with E-state index in [1.165, 1.54) is 51.6 Å². The molecule has 1 aromatic rings. The molecule has 1 aromatic carbocycles. The van der Waals surface area contributed by atoms with Crippen molar-refractivity contribution in [1.29, 1.82) is 0 Å². The first-order valence-corrected chi connectivity index (χ1v) is 13.1. The van der Waals surface area contributed by atoms with Crippen LogP contribution < -0.4 is 5.73 Å². The number of benzene rings is 1. The summed E-state index contributed by atoms with van der Waals surface area (Å²) in [7, 11) is -4.79. The van der Waals surface area contributed by atoms with Gasteiger partial charge in [-0.2, -0.15) is 8.42 Å². The minimum atomic E-state index is -4.79. The highest BCUT2D eigenvalue weighted by Gasteiger charge is 2.28. The lowest BCUT2D eigenvalue weighted by molar-refractivity contribution is -0.396. The van der Waals surface area contributed by atoms with Crippen LogP contribution in [-0.4, -0.2) is 52.9 Å². The van der Waals surface area contributed by atoms with Crippen LogP contribution in [0.5, 0.6) is 0 Å². The number of nitro benzene ring substituents is 2. The Morgan fingerprint density at radius 3 is 1.97 bits per heavy atom. The largest absolute Gasteiger partial charge is 0.326 e. The Bertz CT molecular complexity index is 910. The molecule has 0 heterocycles. The van der Waals surface area contributed by atoms with E-state index in [9.17, 15) is 28.6 Å². The molecular formula is C22H38N4O7S. The Labute approximate surface area is 201 Å². The van der Waals surface area contributed by atoms with Gasteiger partial charge in [0.2, 0.25) is 0 Å². The van der Waals surface area contributed by atoms with Gasteiger partial charge in [-0.25, -0.2) is 0 Å². The summed E-state index contributed by atoms with van der Waals surface area (Å²) < 4.78 is 30.1. The van der Waals surface area contributed by atoms with E-state index in [2.05, 4.69) is 32.6 Å². The molecule has 0 radical (unpaired) electrons. The van der Waals surface area contributed by atoms with Crippen LogP contribution in [-0.2, 0) is 10.1 Å². The third-order valence-electron chi connectivity index (χ3n) is 5.87. The molecule has 0 aromatic heterocycles. The van der Waals surface area contributed by atoms with Gasteiger partial charge in [0.05, 0.1) is 15.9 Å². The minimum absolute atomic E-state index is 0.415. The van der Waals surface area contributed by atoms with Gasteiger partial charge < -0.3 is 5.73 Å². The molecule has 2 atom stereocenters. The van der Waals surface area contributed by atoms with Gasteiger partial charge in [0.1, 0.15) is 0 Å². The van der Waals surface area contributed by atoms with Crippen LogP contribution in [0.3, 0.4) is 0 Å². The molecule has 0 aliphatic heterocycles. The van der Waals surface area contributed by atoms with Crippen molar-refractivity contribution in [2.75, 3.05) is 13.1 Å². The monoisotopic (exact) mass is 502 g/mol. The summed E-state index contributed by atoms with van der Waals surface area (Å²) >= 11 is 0. The van der Waals surface area contributed by atoms with E-state index < -0.39 is 36.2 Å². The lowest BCUT2D eigenvalue weighted by atomic mass is 9.89. The van der Waals surface area contributed by atoms with Gasteiger partial charge in [0, 0.05) is 18.2 Å². The summed E-state index contributed by atoms with van der Waals surface area (Å²) in [5.41, 5.74) is 4.67. The molecule has 0 unspecified atom stereocenters. The van der Waals surface area contributed by atoms with Gasteiger partial charge in [-0.1, -0.05) is 40.5 Å². The van der Waals surface area contributed by atoms with Gasteiger partial charge in [-0.05, 0) is 56.7 Å². The molecule has 1 saturated carbocycles. The Hall–Kier alpha value is -2.15. The van der Waals surface area contributed by atoms with Crippen molar-refractivity contribution in [1.82, 2.24) is 4.90 Å². The molecular weight excluding hydrogens is 464 g/mol. The fourth-order valence-corrected chi connectivity index (χ4v) is 4.50. The Kier molecular flexibility index (Phi) is 12.0. The fraction of sp³-hybridized carbons (Fsp3) is 0.727. The lowest BCUT2D eigenvalue weighted by Gasteiger charge is -2.39. The zero-order chi connectivity index (χ0) is 26.1. The molecule has 12 heteroatoms. The summed E-state index contributed by atoms with van der Waals surface area (Å²) in [4.78, 5) is 20.4. The van der Waals surface area contributed by atoms with E-state index in [0.29, 0.717) is 24.2 Å². The molecule has 1 aliphatic rings. The van der Waals surface area contributed by atoms with Crippen molar-refractivity contribution in [3.8, 4) is 0 Å². The van der Waals surface area contributed by atoms with Crippen LogP contribution in [0.4, 0.5) is 11.4 Å². The molecule has 0 amide bonds. The van der Waals surface area contributed by atoms with Crippen molar-refractivity contribution < 1.29 is 22.8 Å². The van der Waals surface area contributed by atoms with Crippen LogP contribution in [0, 0.1) is 32.1 Å². The molecule has 194 valence electrons. The number of nitrogens with zero attached hydrogens (tertiary/aromatic N) is 3. The van der Waals surface area contributed by atoms with Crippen LogP contribution in [0.25, 0.3) is 0 Å². The maximum absolute atomic E-state index is 10.7. The minimum Gasteiger partial charge on any atom is -0.326 e. The zero-order valence-electron chi connectivity index (χ0n) is 20.4. The second-order valence-electron chi connectivity index (χ2n) is 9.56. The van der Waals surface area contributed by atoms with Crippen molar-refractivity contribution in [3.63, 3.8) is 0 Å². The molecule has 0 spiro atoms. The van der Waals surface area contributed by atoms with E-state index in [4.69, 9.17) is 10.3 Å². The highest BCUT2D eigenvalue weighted by molar-refractivity contribution is 7.86. The lowest BCUT2D eigenvalue weighted by Crippen LogP contribution is -2.50. The van der Waals surface area contributed by atoms with E-state index >= 15 is 0 Å². The molecule has 0 bridgehead atoms. The predicted octanol–water partition coefficient (Wildman–Crippen LogP) is 4.40. The predicted molar refractivity (Wildman–Crippen MR) is 130 cm³/mol. The van der Waals surface area contributed by atoms with Crippen LogP contribution in [0.2, 0.25) is 0 Å². The summed E-state index contributed by atoms with van der Waals surface area (Å²) in [6.45, 7) is 11.8. The van der Waals surface area contributed by atoms with Gasteiger partial charge in [-0.3, -0.25) is 29.7 Å². The Morgan fingerprint density at radius 2 is 1.56 bits per heavy atom. The van der Waals surface area contributed by atoms with E-state index in [1.807, 2.05) is 0 Å². The second kappa shape index (κ2) is 13.7. The maximum Gasteiger partial charge on any atom is 0.301 e. The molecule has 11 nitrogen and oxygen atoms in total. The van der Waals surface area contributed by atoms with E-state index in [1.54, 1.807) is 0 Å². The molecule has 0 saturated heterocycles. The number of nitrogens with two attached hydrogens (primary N) is 1. The third kappa shape index (κ3) is 10.00. The highest BCUT2D eigenvalue weighted by Crippen LogP contribution is 2.28. The topological polar surface area (TPSA) is 170 Å². The molecule has 1 fully saturated rings. The maximum atomic E-state index is 10.7.